The quantitative estimate of drug-likeness (QED) is 0.566. The molecule has 4 heteroatoms. The number of rotatable bonds is 3. The molecule has 3 rings (SSSR count). The van der Waals surface area contributed by atoms with Gasteiger partial charge in [-0.2, -0.15) is 0 Å². The van der Waals surface area contributed by atoms with Crippen molar-refractivity contribution in [3.05, 3.63) is 76.6 Å². The fraction of sp³-hybridized carbons (Fsp3) is 0.100. The molecule has 24 heavy (non-hydrogen) atoms. The van der Waals surface area contributed by atoms with Crippen molar-refractivity contribution in [3.63, 3.8) is 0 Å². The summed E-state index contributed by atoms with van der Waals surface area (Å²) in [5.74, 6) is -0.352. The van der Waals surface area contributed by atoms with Crippen LogP contribution in [-0.2, 0) is 0 Å². The molecule has 0 amide bonds. The molecule has 3 aromatic carbocycles. The van der Waals surface area contributed by atoms with Crippen molar-refractivity contribution in [2.75, 3.05) is 11.1 Å². The molecule has 0 fully saturated rings. The number of benzene rings is 3. The summed E-state index contributed by atoms with van der Waals surface area (Å²) < 4.78 is 13.4. The Balaban J connectivity index is 2.11. The third-order valence-corrected chi connectivity index (χ3v) is 4.26. The Morgan fingerprint density at radius 2 is 1.75 bits per heavy atom. The highest BCUT2D eigenvalue weighted by Crippen LogP contribution is 2.38. The smallest absolute Gasteiger partial charge is 0.124 e. The van der Waals surface area contributed by atoms with Gasteiger partial charge in [0.15, 0.2) is 0 Å². The topological polar surface area (TPSA) is 38.0 Å². The molecule has 0 saturated carbocycles. The van der Waals surface area contributed by atoms with Crippen LogP contribution in [0.5, 0.6) is 0 Å². The van der Waals surface area contributed by atoms with E-state index in [1.807, 2.05) is 50.2 Å². The number of nitrogens with two attached hydrogens (primary N) is 1. The summed E-state index contributed by atoms with van der Waals surface area (Å²) >= 11 is 6.27. The molecule has 0 aliphatic rings. The van der Waals surface area contributed by atoms with Crippen LogP contribution in [0.4, 0.5) is 21.5 Å². The zero-order valence-electron chi connectivity index (χ0n) is 13.5. The number of hydrogen-bond donors (Lipinski definition) is 2. The lowest BCUT2D eigenvalue weighted by Crippen LogP contribution is -1.99. The lowest BCUT2D eigenvalue weighted by atomic mass is 9.98. The van der Waals surface area contributed by atoms with Gasteiger partial charge < -0.3 is 11.1 Å². The Hall–Kier alpha value is -2.52. The Morgan fingerprint density at radius 1 is 0.958 bits per heavy atom. The third kappa shape index (κ3) is 3.22. The Bertz CT molecular complexity index is 906. The molecule has 3 N–H and O–H groups in total. The maximum Gasteiger partial charge on any atom is 0.124 e. The molecule has 0 heterocycles. The minimum Gasteiger partial charge on any atom is -0.397 e. The van der Waals surface area contributed by atoms with Gasteiger partial charge in [0.1, 0.15) is 5.82 Å². The van der Waals surface area contributed by atoms with E-state index >= 15 is 0 Å². The van der Waals surface area contributed by atoms with Crippen LogP contribution in [0.3, 0.4) is 0 Å². The van der Waals surface area contributed by atoms with Gasteiger partial charge in [-0.3, -0.25) is 0 Å². The number of aryl methyl sites for hydroxylation is 2. The number of anilines is 3. The molecule has 0 saturated heterocycles. The van der Waals surface area contributed by atoms with Crippen molar-refractivity contribution in [2.45, 2.75) is 13.8 Å². The SMILES string of the molecule is Cc1ccc(Nc2cccc(C)c2-c2ccc(F)cc2Cl)c(N)c1. The van der Waals surface area contributed by atoms with E-state index in [9.17, 15) is 4.39 Å². The average molecular weight is 341 g/mol. The Labute approximate surface area is 146 Å². The second-order valence-corrected chi connectivity index (χ2v) is 6.24. The molecular formula is C20H18ClFN2. The van der Waals surface area contributed by atoms with E-state index in [1.165, 1.54) is 12.1 Å². The van der Waals surface area contributed by atoms with Gasteiger partial charge in [-0.25, -0.2) is 4.39 Å². The van der Waals surface area contributed by atoms with Gasteiger partial charge in [0, 0.05) is 16.8 Å². The van der Waals surface area contributed by atoms with Gasteiger partial charge in [-0.15, -0.1) is 0 Å². The molecule has 3 aromatic rings. The van der Waals surface area contributed by atoms with E-state index in [1.54, 1.807) is 6.07 Å². The lowest BCUT2D eigenvalue weighted by molar-refractivity contribution is 0.628. The monoisotopic (exact) mass is 340 g/mol. The highest BCUT2D eigenvalue weighted by Gasteiger charge is 2.13. The van der Waals surface area contributed by atoms with Gasteiger partial charge in [0.05, 0.1) is 16.4 Å². The average Bonchev–Trinajstić information content (AvgIpc) is 2.51. The number of nitrogen functional groups attached to an aromatic ring is 1. The predicted octanol–water partition coefficient (Wildman–Crippen LogP) is 6.09. The van der Waals surface area contributed by atoms with Crippen LogP contribution in [-0.4, -0.2) is 0 Å². The lowest BCUT2D eigenvalue weighted by Gasteiger charge is -2.17. The number of nitrogens with one attached hydrogen (secondary N) is 1. The van der Waals surface area contributed by atoms with Crippen LogP contribution in [0.25, 0.3) is 11.1 Å². The van der Waals surface area contributed by atoms with Crippen molar-refractivity contribution in [2.24, 2.45) is 0 Å². The van der Waals surface area contributed by atoms with Gasteiger partial charge in [0.2, 0.25) is 0 Å². The van der Waals surface area contributed by atoms with Crippen LogP contribution < -0.4 is 11.1 Å². The molecule has 0 spiro atoms. The van der Waals surface area contributed by atoms with Crippen molar-refractivity contribution in [1.82, 2.24) is 0 Å². The highest BCUT2D eigenvalue weighted by molar-refractivity contribution is 6.33. The van der Waals surface area contributed by atoms with Gasteiger partial charge in [-0.05, 0) is 61.4 Å². The van der Waals surface area contributed by atoms with E-state index in [4.69, 9.17) is 17.3 Å². The van der Waals surface area contributed by atoms with E-state index in [0.29, 0.717) is 10.7 Å². The summed E-state index contributed by atoms with van der Waals surface area (Å²) in [6.07, 6.45) is 0. The van der Waals surface area contributed by atoms with Crippen LogP contribution in [0.1, 0.15) is 11.1 Å². The van der Waals surface area contributed by atoms with E-state index in [2.05, 4.69) is 5.32 Å². The molecule has 0 bridgehead atoms. The van der Waals surface area contributed by atoms with Gasteiger partial charge >= 0.3 is 0 Å². The molecule has 0 unspecified atom stereocenters. The standard InChI is InChI=1S/C20H18ClFN2/c1-12-6-9-18(17(23)10-12)24-19-5-3-4-13(2)20(19)15-8-7-14(22)11-16(15)21/h3-11,24H,23H2,1-2H3. The summed E-state index contributed by atoms with van der Waals surface area (Å²) in [6.45, 7) is 4.00. The Morgan fingerprint density at radius 3 is 2.46 bits per heavy atom. The first kappa shape index (κ1) is 16.3. The largest absolute Gasteiger partial charge is 0.397 e. The van der Waals surface area contributed by atoms with E-state index < -0.39 is 0 Å². The molecule has 0 aliphatic heterocycles. The summed E-state index contributed by atoms with van der Waals surface area (Å²) in [7, 11) is 0. The second-order valence-electron chi connectivity index (χ2n) is 5.84. The maximum atomic E-state index is 13.4. The van der Waals surface area contributed by atoms with Crippen molar-refractivity contribution >= 4 is 28.7 Å². The van der Waals surface area contributed by atoms with Crippen LogP contribution in [0.2, 0.25) is 5.02 Å². The second kappa shape index (κ2) is 6.54. The normalized spacial score (nSPS) is 10.7. The predicted molar refractivity (Wildman–Crippen MR) is 100 cm³/mol. The van der Waals surface area contributed by atoms with Crippen molar-refractivity contribution in [1.29, 1.82) is 0 Å². The third-order valence-electron chi connectivity index (χ3n) is 3.95. The zero-order valence-corrected chi connectivity index (χ0v) is 14.3. The molecular weight excluding hydrogens is 323 g/mol. The molecule has 0 aromatic heterocycles. The Kier molecular flexibility index (Phi) is 4.45. The first-order chi connectivity index (χ1) is 11.5. The van der Waals surface area contributed by atoms with E-state index in [0.717, 1.165) is 33.6 Å². The summed E-state index contributed by atoms with van der Waals surface area (Å²) in [5, 5.41) is 3.75. The van der Waals surface area contributed by atoms with Crippen LogP contribution >= 0.6 is 11.6 Å². The zero-order chi connectivity index (χ0) is 17.3. The maximum absolute atomic E-state index is 13.4. The fourth-order valence-electron chi connectivity index (χ4n) is 2.76. The molecule has 0 aliphatic carbocycles. The minimum atomic E-state index is -0.352. The van der Waals surface area contributed by atoms with Gasteiger partial charge in [0.25, 0.3) is 0 Å². The number of hydrogen-bond acceptors (Lipinski definition) is 2. The summed E-state index contributed by atoms with van der Waals surface area (Å²) in [5.41, 5.74) is 12.3. The molecule has 122 valence electrons. The fourth-order valence-corrected chi connectivity index (χ4v) is 3.02. The number of halogens is 2. The summed E-state index contributed by atoms with van der Waals surface area (Å²) in [4.78, 5) is 0. The van der Waals surface area contributed by atoms with Crippen LogP contribution in [0.15, 0.2) is 54.6 Å². The molecule has 0 radical (unpaired) electrons. The minimum absolute atomic E-state index is 0.352. The molecule has 0 atom stereocenters. The molecule has 2 nitrogen and oxygen atoms in total. The summed E-state index contributed by atoms with van der Waals surface area (Å²) in [6, 6.07) is 16.2. The van der Waals surface area contributed by atoms with Crippen molar-refractivity contribution in [3.8, 4) is 11.1 Å². The highest BCUT2D eigenvalue weighted by atomic mass is 35.5. The first-order valence-corrected chi connectivity index (χ1v) is 8.01. The van der Waals surface area contributed by atoms with Gasteiger partial charge in [-0.1, -0.05) is 29.8 Å². The first-order valence-electron chi connectivity index (χ1n) is 7.64. The van der Waals surface area contributed by atoms with E-state index in [-0.39, 0.29) is 5.82 Å². The van der Waals surface area contributed by atoms with Crippen LogP contribution in [0, 0.1) is 19.7 Å². The van der Waals surface area contributed by atoms with Crippen molar-refractivity contribution < 1.29 is 4.39 Å².